The molecule has 24 heavy (non-hydrogen) atoms. The van der Waals surface area contributed by atoms with Gasteiger partial charge in [-0.25, -0.2) is 0 Å². The lowest BCUT2D eigenvalue weighted by Gasteiger charge is -2.27. The Morgan fingerprint density at radius 1 is 1.12 bits per heavy atom. The van der Waals surface area contributed by atoms with Crippen LogP contribution in [0.25, 0.3) is 5.57 Å². The van der Waals surface area contributed by atoms with E-state index in [1.165, 1.54) is 48.8 Å². The van der Waals surface area contributed by atoms with Crippen LogP contribution in [0.15, 0.2) is 54.3 Å². The standard InChI is InChI=1S/C23H33N/c1-17(2)18(3)20-11-7-9-14-23(5,6)15-13-21(20)19(4)22-12-8-10-16-24-22/h8,10,12,16,20H,1,3,7,9,11,13-15H2,2,4-6H3/b21-19+. The number of nitrogens with zero attached hydrogens (tertiary/aromatic N) is 1. The van der Waals surface area contributed by atoms with E-state index in [9.17, 15) is 0 Å². The smallest absolute Gasteiger partial charge is 0.0658 e. The highest BCUT2D eigenvalue weighted by Crippen LogP contribution is 2.41. The summed E-state index contributed by atoms with van der Waals surface area (Å²) in [6.07, 6.45) is 9.32. The van der Waals surface area contributed by atoms with Gasteiger partial charge in [0.15, 0.2) is 0 Å². The second-order valence-corrected chi connectivity index (χ2v) is 8.13. The van der Waals surface area contributed by atoms with E-state index in [0.717, 1.165) is 17.7 Å². The molecule has 0 aliphatic heterocycles. The number of allylic oxidation sites excluding steroid dienone is 4. The third-order valence-corrected chi connectivity index (χ3v) is 5.59. The van der Waals surface area contributed by atoms with Crippen molar-refractivity contribution in [1.29, 1.82) is 0 Å². The minimum Gasteiger partial charge on any atom is -0.257 e. The van der Waals surface area contributed by atoms with Gasteiger partial charge in [0.05, 0.1) is 5.69 Å². The topological polar surface area (TPSA) is 12.9 Å². The van der Waals surface area contributed by atoms with Crippen LogP contribution in [-0.2, 0) is 0 Å². The highest BCUT2D eigenvalue weighted by Gasteiger charge is 2.26. The van der Waals surface area contributed by atoms with Gasteiger partial charge in [0.1, 0.15) is 0 Å². The summed E-state index contributed by atoms with van der Waals surface area (Å²) in [5.41, 5.74) is 6.70. The van der Waals surface area contributed by atoms with Crippen LogP contribution in [0.1, 0.15) is 71.9 Å². The number of aromatic nitrogens is 1. The largest absolute Gasteiger partial charge is 0.257 e. The maximum absolute atomic E-state index is 4.60. The fourth-order valence-corrected chi connectivity index (χ4v) is 3.78. The molecule has 2 rings (SSSR count). The van der Waals surface area contributed by atoms with E-state index in [2.05, 4.69) is 58.0 Å². The maximum Gasteiger partial charge on any atom is 0.0658 e. The van der Waals surface area contributed by atoms with Crippen molar-refractivity contribution in [2.24, 2.45) is 11.3 Å². The van der Waals surface area contributed by atoms with E-state index in [0.29, 0.717) is 11.3 Å². The molecule has 0 N–H and O–H groups in total. The Labute approximate surface area is 148 Å². The highest BCUT2D eigenvalue weighted by molar-refractivity contribution is 5.65. The summed E-state index contributed by atoms with van der Waals surface area (Å²) >= 11 is 0. The van der Waals surface area contributed by atoms with Crippen molar-refractivity contribution in [3.8, 4) is 0 Å². The average Bonchev–Trinajstić information content (AvgIpc) is 2.63. The Bertz CT molecular complexity index is 619. The van der Waals surface area contributed by atoms with Gasteiger partial charge in [0, 0.05) is 12.1 Å². The van der Waals surface area contributed by atoms with Gasteiger partial charge in [-0.05, 0) is 68.2 Å². The third-order valence-electron chi connectivity index (χ3n) is 5.59. The molecule has 0 saturated heterocycles. The van der Waals surface area contributed by atoms with Gasteiger partial charge >= 0.3 is 0 Å². The quantitative estimate of drug-likeness (QED) is 0.546. The summed E-state index contributed by atoms with van der Waals surface area (Å²) in [7, 11) is 0. The highest BCUT2D eigenvalue weighted by atomic mass is 14.7. The summed E-state index contributed by atoms with van der Waals surface area (Å²) in [4.78, 5) is 4.60. The van der Waals surface area contributed by atoms with Gasteiger partial charge in [0.2, 0.25) is 0 Å². The van der Waals surface area contributed by atoms with Gasteiger partial charge in [-0.15, -0.1) is 0 Å². The van der Waals surface area contributed by atoms with Crippen LogP contribution in [0, 0.1) is 11.3 Å². The van der Waals surface area contributed by atoms with Crippen LogP contribution in [0.2, 0.25) is 0 Å². The molecule has 1 fully saturated rings. The molecule has 0 bridgehead atoms. The van der Waals surface area contributed by atoms with E-state index in [-0.39, 0.29) is 0 Å². The summed E-state index contributed by atoms with van der Waals surface area (Å²) in [6, 6.07) is 6.19. The van der Waals surface area contributed by atoms with E-state index in [4.69, 9.17) is 0 Å². The van der Waals surface area contributed by atoms with Crippen LogP contribution < -0.4 is 0 Å². The fourth-order valence-electron chi connectivity index (χ4n) is 3.78. The Kier molecular flexibility index (Phi) is 6.21. The lowest BCUT2D eigenvalue weighted by molar-refractivity contribution is 0.300. The first-order valence-corrected chi connectivity index (χ1v) is 9.27. The monoisotopic (exact) mass is 323 g/mol. The number of rotatable bonds is 3. The molecular formula is C23H33N. The van der Waals surface area contributed by atoms with Gasteiger partial charge in [0.25, 0.3) is 0 Å². The van der Waals surface area contributed by atoms with E-state index >= 15 is 0 Å². The normalized spacial score (nSPS) is 23.6. The zero-order valence-electron chi connectivity index (χ0n) is 16.0. The SMILES string of the molecule is C=C(C)C(=C)C1CCCCC(C)(C)CC/C1=C(/C)c1ccccn1. The van der Waals surface area contributed by atoms with Crippen LogP contribution in [0.5, 0.6) is 0 Å². The van der Waals surface area contributed by atoms with E-state index in [1.54, 1.807) is 0 Å². The van der Waals surface area contributed by atoms with Crippen molar-refractivity contribution in [1.82, 2.24) is 4.98 Å². The van der Waals surface area contributed by atoms with Gasteiger partial charge in [-0.2, -0.15) is 0 Å². The van der Waals surface area contributed by atoms with Crippen molar-refractivity contribution in [2.45, 2.75) is 66.2 Å². The summed E-state index contributed by atoms with van der Waals surface area (Å²) in [5, 5.41) is 0. The molecule has 1 aromatic heterocycles. The first kappa shape index (κ1) is 18.7. The first-order valence-electron chi connectivity index (χ1n) is 9.27. The van der Waals surface area contributed by atoms with Gasteiger partial charge in [-0.3, -0.25) is 4.98 Å². The molecule has 1 nitrogen and oxygen atoms in total. The molecule has 1 atom stereocenters. The number of pyridine rings is 1. The molecule has 1 aliphatic rings. The zero-order chi connectivity index (χ0) is 17.7. The zero-order valence-corrected chi connectivity index (χ0v) is 16.0. The predicted molar refractivity (Wildman–Crippen MR) is 106 cm³/mol. The molecule has 0 spiro atoms. The Balaban J connectivity index is 2.47. The molecule has 1 saturated carbocycles. The van der Waals surface area contributed by atoms with E-state index in [1.807, 2.05) is 12.3 Å². The maximum atomic E-state index is 4.60. The molecule has 1 aromatic rings. The first-order chi connectivity index (χ1) is 11.3. The van der Waals surface area contributed by atoms with Crippen LogP contribution in [0.3, 0.4) is 0 Å². The second kappa shape index (κ2) is 7.96. The molecule has 0 radical (unpaired) electrons. The lowest BCUT2D eigenvalue weighted by Crippen LogP contribution is -2.13. The van der Waals surface area contributed by atoms with Crippen LogP contribution in [-0.4, -0.2) is 4.98 Å². The molecular weight excluding hydrogens is 290 g/mol. The average molecular weight is 324 g/mol. The van der Waals surface area contributed by atoms with Gasteiger partial charge in [-0.1, -0.05) is 57.1 Å². The van der Waals surface area contributed by atoms with E-state index < -0.39 is 0 Å². The number of hydrogen-bond acceptors (Lipinski definition) is 1. The molecule has 130 valence electrons. The predicted octanol–water partition coefficient (Wildman–Crippen LogP) is 6.98. The van der Waals surface area contributed by atoms with Crippen molar-refractivity contribution in [2.75, 3.05) is 0 Å². The molecule has 1 heteroatoms. The summed E-state index contributed by atoms with van der Waals surface area (Å²) < 4.78 is 0. The molecule has 1 heterocycles. The Hall–Kier alpha value is -1.63. The summed E-state index contributed by atoms with van der Waals surface area (Å²) in [6.45, 7) is 17.7. The lowest BCUT2D eigenvalue weighted by atomic mass is 9.78. The van der Waals surface area contributed by atoms with Crippen molar-refractivity contribution >= 4 is 5.57 Å². The third kappa shape index (κ3) is 4.69. The second-order valence-electron chi connectivity index (χ2n) is 8.13. The van der Waals surface area contributed by atoms with Crippen LogP contribution >= 0.6 is 0 Å². The molecule has 0 amide bonds. The molecule has 1 aliphatic carbocycles. The fraction of sp³-hybridized carbons (Fsp3) is 0.522. The Morgan fingerprint density at radius 2 is 1.88 bits per heavy atom. The van der Waals surface area contributed by atoms with Crippen molar-refractivity contribution in [3.63, 3.8) is 0 Å². The van der Waals surface area contributed by atoms with Gasteiger partial charge < -0.3 is 0 Å². The van der Waals surface area contributed by atoms with Crippen molar-refractivity contribution < 1.29 is 0 Å². The van der Waals surface area contributed by atoms with Crippen LogP contribution in [0.4, 0.5) is 0 Å². The molecule has 0 aromatic carbocycles. The minimum absolute atomic E-state index is 0.412. The minimum atomic E-state index is 0.412. The number of hydrogen-bond donors (Lipinski definition) is 0. The Morgan fingerprint density at radius 3 is 2.50 bits per heavy atom. The molecule has 1 unspecified atom stereocenters. The van der Waals surface area contributed by atoms with Crippen molar-refractivity contribution in [3.05, 3.63) is 60.0 Å². The summed E-state index contributed by atoms with van der Waals surface area (Å²) in [5.74, 6) is 0.415.